The van der Waals surface area contributed by atoms with Crippen molar-refractivity contribution in [2.45, 2.75) is 6.92 Å². The van der Waals surface area contributed by atoms with Crippen LogP contribution < -0.4 is 10.6 Å². The maximum atomic E-state index is 14.6. The minimum Gasteiger partial charge on any atom is -0.379 e. The fourth-order valence-electron chi connectivity index (χ4n) is 3.31. The molecule has 1 saturated heterocycles. The van der Waals surface area contributed by atoms with Crippen molar-refractivity contribution in [2.75, 3.05) is 45.9 Å². The Morgan fingerprint density at radius 2 is 1.77 bits per heavy atom. The average Bonchev–Trinajstić information content (AvgIpc) is 2.73. The highest BCUT2D eigenvalue weighted by Crippen LogP contribution is 2.27. The molecule has 0 bridgehead atoms. The first kappa shape index (κ1) is 21.9. The second kappa shape index (κ2) is 10.3. The number of amides is 2. The summed E-state index contributed by atoms with van der Waals surface area (Å²) in [6.45, 7) is 5.77. The number of carbonyl (C=O) groups excluding carboxylic acids is 2. The third-order valence-corrected chi connectivity index (χ3v) is 4.97. The van der Waals surface area contributed by atoms with E-state index in [1.54, 1.807) is 6.92 Å². The maximum absolute atomic E-state index is 14.6. The van der Waals surface area contributed by atoms with Gasteiger partial charge in [0.2, 0.25) is 5.91 Å². The molecule has 1 fully saturated rings. The van der Waals surface area contributed by atoms with Gasteiger partial charge >= 0.3 is 0 Å². The fourth-order valence-corrected chi connectivity index (χ4v) is 3.31. The molecule has 6 nitrogen and oxygen atoms in total. The molecule has 2 aromatic rings. The largest absolute Gasteiger partial charge is 0.379 e. The molecule has 0 saturated carbocycles. The molecule has 2 aromatic carbocycles. The molecule has 2 amide bonds. The summed E-state index contributed by atoms with van der Waals surface area (Å²) in [6, 6.07) is 8.17. The highest BCUT2D eigenvalue weighted by Gasteiger charge is 2.14. The smallest absolute Gasteiger partial charge is 0.251 e. The van der Waals surface area contributed by atoms with Crippen LogP contribution in [0, 0.1) is 18.6 Å². The number of ether oxygens (including phenoxy) is 1. The minimum absolute atomic E-state index is 0.108. The molecule has 1 aliphatic rings. The molecular formula is C22H25F2N3O3. The highest BCUT2D eigenvalue weighted by molar-refractivity contribution is 5.97. The van der Waals surface area contributed by atoms with Gasteiger partial charge in [0.25, 0.3) is 5.91 Å². The first-order chi connectivity index (χ1) is 14.4. The van der Waals surface area contributed by atoms with Gasteiger partial charge in [-0.3, -0.25) is 14.5 Å². The van der Waals surface area contributed by atoms with Gasteiger partial charge in [0.1, 0.15) is 11.6 Å². The summed E-state index contributed by atoms with van der Waals surface area (Å²) in [5.41, 5.74) is 1.54. The lowest BCUT2D eigenvalue weighted by molar-refractivity contribution is -0.120. The summed E-state index contributed by atoms with van der Waals surface area (Å²) in [6.07, 6.45) is 0. The van der Waals surface area contributed by atoms with Gasteiger partial charge in [-0.05, 0) is 42.3 Å². The zero-order chi connectivity index (χ0) is 21.5. The van der Waals surface area contributed by atoms with Gasteiger partial charge in [-0.25, -0.2) is 8.78 Å². The zero-order valence-corrected chi connectivity index (χ0v) is 16.8. The fraction of sp³-hybridized carbons (Fsp3) is 0.364. The summed E-state index contributed by atoms with van der Waals surface area (Å²) in [7, 11) is 0. The van der Waals surface area contributed by atoms with E-state index in [1.807, 2.05) is 0 Å². The SMILES string of the molecule is Cc1cc(F)ccc1-c1ccc(C(=O)NCC(=O)NCCN2CCOCC2)cc1F. The van der Waals surface area contributed by atoms with Crippen LogP contribution in [0.15, 0.2) is 36.4 Å². The quantitative estimate of drug-likeness (QED) is 0.724. The standard InChI is InChI=1S/C22H25F2N3O3/c1-15-12-17(23)3-5-18(15)19-4-2-16(13-20(19)24)22(29)26-14-21(28)25-6-7-27-8-10-30-11-9-27/h2-5,12-13H,6-11,14H2,1H3,(H,25,28)(H,26,29). The number of nitrogens with one attached hydrogen (secondary N) is 2. The molecule has 30 heavy (non-hydrogen) atoms. The normalized spacial score (nSPS) is 14.4. The zero-order valence-electron chi connectivity index (χ0n) is 16.8. The molecule has 0 radical (unpaired) electrons. The summed E-state index contributed by atoms with van der Waals surface area (Å²) in [5, 5.41) is 5.24. The van der Waals surface area contributed by atoms with Crippen LogP contribution in [-0.2, 0) is 9.53 Å². The molecule has 160 valence electrons. The van der Waals surface area contributed by atoms with Crippen molar-refractivity contribution in [2.24, 2.45) is 0 Å². The van der Waals surface area contributed by atoms with Crippen molar-refractivity contribution in [1.82, 2.24) is 15.5 Å². The Morgan fingerprint density at radius 3 is 2.47 bits per heavy atom. The number of hydrogen-bond acceptors (Lipinski definition) is 4. The van der Waals surface area contributed by atoms with E-state index in [4.69, 9.17) is 4.74 Å². The Hall–Kier alpha value is -2.84. The average molecular weight is 417 g/mol. The molecular weight excluding hydrogens is 392 g/mol. The number of carbonyl (C=O) groups is 2. The monoisotopic (exact) mass is 417 g/mol. The van der Waals surface area contributed by atoms with E-state index in [9.17, 15) is 18.4 Å². The molecule has 0 aromatic heterocycles. The molecule has 2 N–H and O–H groups in total. The van der Waals surface area contributed by atoms with Gasteiger partial charge in [-0.2, -0.15) is 0 Å². The van der Waals surface area contributed by atoms with Crippen LogP contribution in [-0.4, -0.2) is 62.7 Å². The van der Waals surface area contributed by atoms with Crippen LogP contribution in [0.1, 0.15) is 15.9 Å². The third kappa shape index (κ3) is 5.84. The minimum atomic E-state index is -0.590. The van der Waals surface area contributed by atoms with E-state index in [0.29, 0.717) is 30.9 Å². The summed E-state index contributed by atoms with van der Waals surface area (Å²) in [4.78, 5) is 26.4. The van der Waals surface area contributed by atoms with Crippen molar-refractivity contribution in [3.8, 4) is 11.1 Å². The van der Waals surface area contributed by atoms with Gasteiger partial charge in [0, 0.05) is 37.3 Å². The second-order valence-electron chi connectivity index (χ2n) is 7.14. The summed E-state index contributed by atoms with van der Waals surface area (Å²) < 4.78 is 33.1. The van der Waals surface area contributed by atoms with Crippen LogP contribution >= 0.6 is 0 Å². The molecule has 8 heteroatoms. The van der Waals surface area contributed by atoms with Crippen molar-refractivity contribution in [3.63, 3.8) is 0 Å². The van der Waals surface area contributed by atoms with Crippen LogP contribution in [0.2, 0.25) is 0 Å². The molecule has 0 atom stereocenters. The second-order valence-corrected chi connectivity index (χ2v) is 7.14. The lowest BCUT2D eigenvalue weighted by atomic mass is 9.98. The van der Waals surface area contributed by atoms with E-state index in [2.05, 4.69) is 15.5 Å². The number of halogens is 2. The van der Waals surface area contributed by atoms with Crippen LogP contribution in [0.3, 0.4) is 0 Å². The number of morpholine rings is 1. The lowest BCUT2D eigenvalue weighted by Gasteiger charge is -2.26. The van der Waals surface area contributed by atoms with Gasteiger partial charge in [-0.15, -0.1) is 0 Å². The number of rotatable bonds is 7. The van der Waals surface area contributed by atoms with Gasteiger partial charge < -0.3 is 15.4 Å². The number of benzene rings is 2. The Morgan fingerprint density at radius 1 is 1.03 bits per heavy atom. The molecule has 0 aliphatic carbocycles. The van der Waals surface area contributed by atoms with Crippen LogP contribution in [0.4, 0.5) is 8.78 Å². The van der Waals surface area contributed by atoms with E-state index >= 15 is 0 Å². The Balaban J connectivity index is 1.50. The topological polar surface area (TPSA) is 70.7 Å². The molecule has 0 unspecified atom stereocenters. The Bertz CT molecular complexity index is 914. The summed E-state index contributed by atoms with van der Waals surface area (Å²) >= 11 is 0. The molecule has 1 heterocycles. The van der Waals surface area contributed by atoms with E-state index < -0.39 is 17.5 Å². The van der Waals surface area contributed by atoms with Crippen LogP contribution in [0.25, 0.3) is 11.1 Å². The molecule has 3 rings (SSSR count). The van der Waals surface area contributed by atoms with E-state index in [1.165, 1.54) is 30.3 Å². The van der Waals surface area contributed by atoms with Gasteiger partial charge in [-0.1, -0.05) is 12.1 Å². The van der Waals surface area contributed by atoms with Gasteiger partial charge in [0.05, 0.1) is 19.8 Å². The lowest BCUT2D eigenvalue weighted by Crippen LogP contribution is -2.43. The number of nitrogens with zero attached hydrogens (tertiary/aromatic N) is 1. The number of aryl methyl sites for hydroxylation is 1. The van der Waals surface area contributed by atoms with Crippen molar-refractivity contribution in [1.29, 1.82) is 0 Å². The molecule has 1 aliphatic heterocycles. The first-order valence-electron chi connectivity index (χ1n) is 9.85. The van der Waals surface area contributed by atoms with E-state index in [-0.39, 0.29) is 23.6 Å². The maximum Gasteiger partial charge on any atom is 0.251 e. The van der Waals surface area contributed by atoms with Crippen molar-refractivity contribution < 1.29 is 23.1 Å². The Kier molecular flexibility index (Phi) is 7.48. The van der Waals surface area contributed by atoms with E-state index in [0.717, 1.165) is 25.7 Å². The first-order valence-corrected chi connectivity index (χ1v) is 9.85. The third-order valence-electron chi connectivity index (χ3n) is 4.97. The highest BCUT2D eigenvalue weighted by atomic mass is 19.1. The van der Waals surface area contributed by atoms with Crippen molar-refractivity contribution >= 4 is 11.8 Å². The van der Waals surface area contributed by atoms with Crippen molar-refractivity contribution in [3.05, 3.63) is 59.2 Å². The molecule has 0 spiro atoms. The Labute approximate surface area is 174 Å². The number of hydrogen-bond donors (Lipinski definition) is 2. The predicted molar refractivity (Wildman–Crippen MR) is 109 cm³/mol. The van der Waals surface area contributed by atoms with Gasteiger partial charge in [0.15, 0.2) is 0 Å². The van der Waals surface area contributed by atoms with Crippen LogP contribution in [0.5, 0.6) is 0 Å². The summed E-state index contributed by atoms with van der Waals surface area (Å²) in [5.74, 6) is -1.83. The predicted octanol–water partition coefficient (Wildman–Crippen LogP) is 2.12.